The average molecular weight is 391 g/mol. The van der Waals surface area contributed by atoms with Crippen LogP contribution in [0.1, 0.15) is 18.1 Å². The van der Waals surface area contributed by atoms with Gasteiger partial charge >= 0.3 is 6.61 Å². The van der Waals surface area contributed by atoms with Gasteiger partial charge in [-0.15, -0.1) is 0 Å². The van der Waals surface area contributed by atoms with Crippen LogP contribution in [0.4, 0.5) is 8.78 Å². The molecule has 0 spiro atoms. The first-order valence-electron chi connectivity index (χ1n) is 8.37. The molecule has 5 nitrogen and oxygen atoms in total. The van der Waals surface area contributed by atoms with Crippen LogP contribution in [0.25, 0.3) is 17.1 Å². The highest BCUT2D eigenvalue weighted by Crippen LogP contribution is 2.34. The Hall–Kier alpha value is -2.74. The molecule has 1 heterocycles. The van der Waals surface area contributed by atoms with Crippen molar-refractivity contribution in [2.24, 2.45) is 0 Å². The monoisotopic (exact) mass is 391 g/mol. The van der Waals surface area contributed by atoms with E-state index in [0.717, 1.165) is 16.8 Å². The molecule has 0 saturated heterocycles. The van der Waals surface area contributed by atoms with E-state index in [4.69, 9.17) is 17.0 Å². The zero-order valence-corrected chi connectivity index (χ0v) is 15.9. The third-order valence-corrected chi connectivity index (χ3v) is 4.27. The lowest BCUT2D eigenvalue weighted by molar-refractivity contribution is -0.0514. The summed E-state index contributed by atoms with van der Waals surface area (Å²) in [5.41, 5.74) is 3.67. The van der Waals surface area contributed by atoms with Crippen LogP contribution >= 0.6 is 12.2 Å². The highest BCUT2D eigenvalue weighted by molar-refractivity contribution is 7.71. The van der Waals surface area contributed by atoms with Gasteiger partial charge in [0, 0.05) is 5.56 Å². The summed E-state index contributed by atoms with van der Waals surface area (Å²) in [6, 6.07) is 10.8. The van der Waals surface area contributed by atoms with E-state index in [2.05, 4.69) is 14.9 Å². The van der Waals surface area contributed by atoms with Crippen molar-refractivity contribution in [2.75, 3.05) is 6.61 Å². The zero-order chi connectivity index (χ0) is 19.6. The quantitative estimate of drug-likeness (QED) is 0.586. The Morgan fingerprint density at radius 3 is 2.63 bits per heavy atom. The highest BCUT2D eigenvalue weighted by Gasteiger charge is 2.17. The topological polar surface area (TPSA) is 52.1 Å². The van der Waals surface area contributed by atoms with Crippen molar-refractivity contribution in [2.45, 2.75) is 27.4 Å². The van der Waals surface area contributed by atoms with E-state index >= 15 is 0 Å². The number of hydrogen-bond donors (Lipinski definition) is 1. The lowest BCUT2D eigenvalue weighted by Crippen LogP contribution is -2.05. The number of alkyl halides is 2. The molecule has 0 amide bonds. The van der Waals surface area contributed by atoms with E-state index in [-0.39, 0.29) is 11.5 Å². The molecular weight excluding hydrogens is 372 g/mol. The molecule has 1 N–H and O–H groups in total. The molecule has 0 aliphatic carbocycles. The van der Waals surface area contributed by atoms with Gasteiger partial charge in [0.05, 0.1) is 12.3 Å². The molecule has 0 aliphatic heterocycles. The van der Waals surface area contributed by atoms with Crippen LogP contribution < -0.4 is 9.47 Å². The second-order valence-electron chi connectivity index (χ2n) is 5.95. The van der Waals surface area contributed by atoms with Crippen molar-refractivity contribution in [3.63, 3.8) is 0 Å². The zero-order valence-electron chi connectivity index (χ0n) is 15.1. The first-order valence-corrected chi connectivity index (χ1v) is 8.78. The molecule has 0 fully saturated rings. The fourth-order valence-electron chi connectivity index (χ4n) is 2.78. The van der Waals surface area contributed by atoms with Gasteiger partial charge in [0.15, 0.2) is 22.1 Å². The van der Waals surface area contributed by atoms with Gasteiger partial charge < -0.3 is 9.47 Å². The Kier molecular flexibility index (Phi) is 5.55. The predicted octanol–water partition coefficient (Wildman–Crippen LogP) is 5.21. The number of ether oxygens (including phenoxy) is 2. The molecule has 2 aromatic carbocycles. The van der Waals surface area contributed by atoms with Gasteiger partial charge in [0.1, 0.15) is 0 Å². The molecule has 1 aromatic heterocycles. The Labute approximate surface area is 160 Å². The highest BCUT2D eigenvalue weighted by atomic mass is 32.1. The molecule has 0 radical (unpaired) electrons. The van der Waals surface area contributed by atoms with Crippen molar-refractivity contribution in [3.8, 4) is 28.6 Å². The number of halogens is 2. The summed E-state index contributed by atoms with van der Waals surface area (Å²) < 4.78 is 37.5. The van der Waals surface area contributed by atoms with Crippen molar-refractivity contribution in [1.29, 1.82) is 0 Å². The molecule has 27 heavy (non-hydrogen) atoms. The molecule has 8 heteroatoms. The molecule has 0 saturated carbocycles. The van der Waals surface area contributed by atoms with Gasteiger partial charge in [0.25, 0.3) is 0 Å². The molecule has 0 unspecified atom stereocenters. The van der Waals surface area contributed by atoms with Crippen molar-refractivity contribution in [1.82, 2.24) is 14.8 Å². The molecular formula is C19H19F2N3O2S. The maximum Gasteiger partial charge on any atom is 0.387 e. The normalized spacial score (nSPS) is 11.0. The van der Waals surface area contributed by atoms with E-state index in [1.807, 2.05) is 36.6 Å². The molecule has 0 aliphatic rings. The van der Waals surface area contributed by atoms with Crippen LogP contribution in [0.3, 0.4) is 0 Å². The number of nitrogens with zero attached hydrogens (tertiary/aromatic N) is 2. The Balaban J connectivity index is 2.14. The van der Waals surface area contributed by atoms with Crippen LogP contribution in [0.2, 0.25) is 0 Å². The van der Waals surface area contributed by atoms with E-state index in [1.165, 1.54) is 6.07 Å². The number of aromatic nitrogens is 3. The van der Waals surface area contributed by atoms with E-state index < -0.39 is 6.61 Å². The number of aryl methyl sites for hydroxylation is 2. The fourth-order valence-corrected chi connectivity index (χ4v) is 3.01. The summed E-state index contributed by atoms with van der Waals surface area (Å²) in [5.74, 6) is 0.748. The number of hydrogen-bond acceptors (Lipinski definition) is 4. The second kappa shape index (κ2) is 7.87. The minimum Gasteiger partial charge on any atom is -0.490 e. The standard InChI is InChI=1S/C19H19F2N3O2S/c1-4-25-16-10-13(7-8-15(16)26-18(20)21)17-22-23-19(27)24(17)14-9-11(2)5-6-12(14)3/h5-10,18H,4H2,1-3H3,(H,23,27). The first kappa shape index (κ1) is 19.0. The maximum atomic E-state index is 12.6. The van der Waals surface area contributed by atoms with Crippen molar-refractivity contribution < 1.29 is 18.3 Å². The number of aromatic amines is 1. The lowest BCUT2D eigenvalue weighted by Gasteiger charge is -2.14. The van der Waals surface area contributed by atoms with Crippen LogP contribution in [-0.4, -0.2) is 28.0 Å². The summed E-state index contributed by atoms with van der Waals surface area (Å²) in [5, 5.41) is 7.13. The molecule has 0 bridgehead atoms. The summed E-state index contributed by atoms with van der Waals surface area (Å²) in [4.78, 5) is 0. The van der Waals surface area contributed by atoms with Gasteiger partial charge in [-0.2, -0.15) is 13.9 Å². The van der Waals surface area contributed by atoms with E-state index in [0.29, 0.717) is 22.8 Å². The molecule has 3 aromatic rings. The van der Waals surface area contributed by atoms with Gasteiger partial charge in [-0.1, -0.05) is 12.1 Å². The SMILES string of the molecule is CCOc1cc(-c2n[nH]c(=S)n2-c2cc(C)ccc2C)ccc1OC(F)F. The van der Waals surface area contributed by atoms with Crippen molar-refractivity contribution >= 4 is 12.2 Å². The van der Waals surface area contributed by atoms with Gasteiger partial charge in [0.2, 0.25) is 0 Å². The predicted molar refractivity (Wildman–Crippen MR) is 101 cm³/mol. The van der Waals surface area contributed by atoms with Crippen LogP contribution in [0, 0.1) is 18.6 Å². The van der Waals surface area contributed by atoms with Crippen LogP contribution in [0.5, 0.6) is 11.5 Å². The minimum atomic E-state index is -2.93. The number of H-pyrrole nitrogens is 1. The molecule has 142 valence electrons. The van der Waals surface area contributed by atoms with Gasteiger partial charge in [-0.3, -0.25) is 9.67 Å². The number of rotatable bonds is 6. The third kappa shape index (κ3) is 4.00. The summed E-state index contributed by atoms with van der Waals surface area (Å²) >= 11 is 5.41. The number of nitrogens with one attached hydrogen (secondary N) is 1. The Morgan fingerprint density at radius 1 is 1.15 bits per heavy atom. The Bertz CT molecular complexity index is 1010. The summed E-state index contributed by atoms with van der Waals surface area (Å²) in [6.45, 7) is 3.13. The fraction of sp³-hybridized carbons (Fsp3) is 0.263. The van der Waals surface area contributed by atoms with E-state index in [1.54, 1.807) is 19.1 Å². The minimum absolute atomic E-state index is 0.0250. The smallest absolute Gasteiger partial charge is 0.387 e. The largest absolute Gasteiger partial charge is 0.490 e. The first-order chi connectivity index (χ1) is 12.9. The summed E-state index contributed by atoms with van der Waals surface area (Å²) in [7, 11) is 0. The lowest BCUT2D eigenvalue weighted by atomic mass is 10.1. The second-order valence-corrected chi connectivity index (χ2v) is 6.34. The van der Waals surface area contributed by atoms with Crippen LogP contribution in [-0.2, 0) is 0 Å². The van der Waals surface area contributed by atoms with Crippen LogP contribution in [0.15, 0.2) is 36.4 Å². The number of benzene rings is 2. The van der Waals surface area contributed by atoms with Gasteiger partial charge in [-0.05, 0) is 68.4 Å². The van der Waals surface area contributed by atoms with Gasteiger partial charge in [-0.25, -0.2) is 0 Å². The van der Waals surface area contributed by atoms with Crippen molar-refractivity contribution in [3.05, 3.63) is 52.3 Å². The molecule has 0 atom stereocenters. The van der Waals surface area contributed by atoms with E-state index in [9.17, 15) is 8.78 Å². The Morgan fingerprint density at radius 2 is 1.93 bits per heavy atom. The maximum absolute atomic E-state index is 12.6. The molecule has 3 rings (SSSR count). The third-order valence-electron chi connectivity index (χ3n) is 4.00. The average Bonchev–Trinajstić information content (AvgIpc) is 3.00. The summed E-state index contributed by atoms with van der Waals surface area (Å²) in [6.07, 6.45) is 0.